The number of halogens is 1. The van der Waals surface area contributed by atoms with Crippen molar-refractivity contribution in [3.8, 4) is 34.4 Å². The van der Waals surface area contributed by atoms with Crippen molar-refractivity contribution in [1.82, 2.24) is 15.2 Å². The summed E-state index contributed by atoms with van der Waals surface area (Å²) in [6, 6.07) is 15.5. The molecule has 182 valence electrons. The van der Waals surface area contributed by atoms with E-state index in [4.69, 9.17) is 14.2 Å². The van der Waals surface area contributed by atoms with E-state index in [-0.39, 0.29) is 17.2 Å². The van der Waals surface area contributed by atoms with Crippen molar-refractivity contribution in [3.05, 3.63) is 82.9 Å². The van der Waals surface area contributed by atoms with Crippen LogP contribution in [0.15, 0.2) is 54.6 Å². The molecule has 1 aliphatic heterocycles. The Labute approximate surface area is 207 Å². The Kier molecular flexibility index (Phi) is 6.20. The first-order chi connectivity index (χ1) is 17.4. The van der Waals surface area contributed by atoms with E-state index >= 15 is 0 Å². The Hall–Kier alpha value is -4.53. The fraction of sp³-hybridized carbons (Fsp3) is 0.185. The average Bonchev–Trinajstić information content (AvgIpc) is 2.85. The van der Waals surface area contributed by atoms with Gasteiger partial charge in [-0.25, -0.2) is 4.98 Å². The van der Waals surface area contributed by atoms with Crippen LogP contribution >= 0.6 is 0 Å². The number of hydrogen-bond donors (Lipinski definition) is 1. The third-order valence-electron chi connectivity index (χ3n) is 5.71. The summed E-state index contributed by atoms with van der Waals surface area (Å²) in [6.07, 6.45) is 0. The smallest absolute Gasteiger partial charge is 0.261 e. The number of ether oxygens (including phenoxy) is 3. The number of pyridine rings is 1. The Morgan fingerprint density at radius 1 is 0.972 bits per heavy atom. The number of nitrogens with one attached hydrogen (secondary N) is 1. The van der Waals surface area contributed by atoms with Crippen molar-refractivity contribution >= 4 is 11.6 Å². The minimum Gasteiger partial charge on any atom is -0.486 e. The second kappa shape index (κ2) is 9.61. The van der Waals surface area contributed by atoms with Crippen molar-refractivity contribution in [2.24, 2.45) is 0 Å². The lowest BCUT2D eigenvalue weighted by atomic mass is 10.0. The molecule has 36 heavy (non-hydrogen) atoms. The minimum atomic E-state index is -0.631. The lowest BCUT2D eigenvalue weighted by Crippen LogP contribution is -2.17. The number of benzene rings is 2. The molecule has 1 N–H and O–H groups in total. The summed E-state index contributed by atoms with van der Waals surface area (Å²) in [6.45, 7) is 6.25. The normalized spacial score (nSPS) is 12.2. The number of nitrogens with zero attached hydrogens (tertiary/aromatic N) is 3. The largest absolute Gasteiger partial charge is 0.486 e. The summed E-state index contributed by atoms with van der Waals surface area (Å²) in [7, 11) is 0. The number of carbonyl (C=O) groups excluding carboxylic acids is 1. The van der Waals surface area contributed by atoms with Crippen molar-refractivity contribution in [1.29, 1.82) is 0 Å². The van der Waals surface area contributed by atoms with Gasteiger partial charge in [-0.1, -0.05) is 12.1 Å². The number of aryl methyl sites for hydroxylation is 2. The second-order valence-electron chi connectivity index (χ2n) is 8.36. The van der Waals surface area contributed by atoms with E-state index in [9.17, 15) is 9.18 Å². The quantitative estimate of drug-likeness (QED) is 0.377. The average molecular weight is 487 g/mol. The third kappa shape index (κ3) is 4.68. The number of aromatic nitrogens is 3. The zero-order valence-electron chi connectivity index (χ0n) is 20.0. The molecule has 0 saturated heterocycles. The van der Waals surface area contributed by atoms with Gasteiger partial charge in [-0.2, -0.15) is 4.39 Å². The van der Waals surface area contributed by atoms with Gasteiger partial charge in [-0.3, -0.25) is 4.79 Å². The van der Waals surface area contributed by atoms with E-state index in [0.717, 1.165) is 5.56 Å². The molecule has 2 aromatic heterocycles. The highest BCUT2D eigenvalue weighted by molar-refractivity contribution is 6.07. The number of hydrogen-bond acceptors (Lipinski definition) is 7. The predicted molar refractivity (Wildman–Crippen MR) is 131 cm³/mol. The van der Waals surface area contributed by atoms with Gasteiger partial charge in [0.25, 0.3) is 11.8 Å². The van der Waals surface area contributed by atoms with E-state index in [0.29, 0.717) is 52.9 Å². The Morgan fingerprint density at radius 2 is 1.78 bits per heavy atom. The Balaban J connectivity index is 1.59. The van der Waals surface area contributed by atoms with Crippen LogP contribution in [0, 0.1) is 26.7 Å². The first-order valence-electron chi connectivity index (χ1n) is 11.4. The number of carbonyl (C=O) groups is 1. The van der Waals surface area contributed by atoms with Crippen LogP contribution in [0.3, 0.4) is 0 Å². The van der Waals surface area contributed by atoms with Crippen LogP contribution < -0.4 is 19.5 Å². The molecule has 0 spiro atoms. The Morgan fingerprint density at radius 3 is 2.56 bits per heavy atom. The maximum atomic E-state index is 13.5. The molecule has 0 bridgehead atoms. The summed E-state index contributed by atoms with van der Waals surface area (Å²) in [4.78, 5) is 17.3. The molecular weight excluding hydrogens is 463 g/mol. The van der Waals surface area contributed by atoms with Crippen LogP contribution in [0.1, 0.15) is 27.2 Å². The van der Waals surface area contributed by atoms with Crippen LogP contribution in [-0.2, 0) is 0 Å². The fourth-order valence-corrected chi connectivity index (χ4v) is 3.95. The molecule has 2 aromatic carbocycles. The molecule has 4 aromatic rings. The molecular formula is C27H23FN4O4. The van der Waals surface area contributed by atoms with Gasteiger partial charge in [-0.05, 0) is 74.4 Å². The van der Waals surface area contributed by atoms with E-state index in [1.54, 1.807) is 26.0 Å². The second-order valence-corrected chi connectivity index (χ2v) is 8.36. The standard InChI is InChI=1S/C27H23FN4O4/c1-15-5-4-6-19(13-15)30-26(33)24-16(2)25(18-7-8-21-22(14-18)35-12-11-34-21)31-32-27(24)36-20-9-10-23(28)29-17(20)3/h4-10,13-14H,11-12H2,1-3H3,(H,30,33). The van der Waals surface area contributed by atoms with Crippen molar-refractivity contribution in [2.75, 3.05) is 18.5 Å². The summed E-state index contributed by atoms with van der Waals surface area (Å²) in [5.41, 5.74) is 3.88. The van der Waals surface area contributed by atoms with Crippen molar-refractivity contribution in [2.45, 2.75) is 20.8 Å². The van der Waals surface area contributed by atoms with E-state index in [2.05, 4.69) is 20.5 Å². The molecule has 3 heterocycles. The molecule has 1 aliphatic rings. The van der Waals surface area contributed by atoms with Gasteiger partial charge in [0.1, 0.15) is 18.8 Å². The summed E-state index contributed by atoms with van der Waals surface area (Å²) < 4.78 is 30.8. The molecule has 0 aliphatic carbocycles. The molecule has 9 heteroatoms. The fourth-order valence-electron chi connectivity index (χ4n) is 3.95. The van der Waals surface area contributed by atoms with Gasteiger partial charge in [0.05, 0.1) is 11.4 Å². The van der Waals surface area contributed by atoms with Crippen molar-refractivity contribution in [3.63, 3.8) is 0 Å². The molecule has 5 rings (SSSR count). The molecule has 0 saturated carbocycles. The number of amides is 1. The number of anilines is 1. The van der Waals surface area contributed by atoms with Crippen LogP contribution in [-0.4, -0.2) is 34.3 Å². The molecule has 0 atom stereocenters. The maximum absolute atomic E-state index is 13.5. The SMILES string of the molecule is Cc1cccc(NC(=O)c2c(Oc3ccc(F)nc3C)nnc(-c3ccc4c(c3)OCCO4)c2C)c1. The lowest BCUT2D eigenvalue weighted by Gasteiger charge is -2.19. The van der Waals surface area contributed by atoms with Crippen LogP contribution in [0.5, 0.6) is 23.1 Å². The van der Waals surface area contributed by atoms with Gasteiger partial charge in [0.2, 0.25) is 5.95 Å². The van der Waals surface area contributed by atoms with Crippen molar-refractivity contribution < 1.29 is 23.4 Å². The van der Waals surface area contributed by atoms with Gasteiger partial charge in [0.15, 0.2) is 17.2 Å². The van der Waals surface area contributed by atoms with Gasteiger partial charge < -0.3 is 19.5 Å². The molecule has 8 nitrogen and oxygen atoms in total. The first kappa shape index (κ1) is 23.2. The summed E-state index contributed by atoms with van der Waals surface area (Å²) in [5, 5.41) is 11.5. The van der Waals surface area contributed by atoms with Crippen LogP contribution in [0.2, 0.25) is 0 Å². The zero-order valence-corrected chi connectivity index (χ0v) is 20.0. The highest BCUT2D eigenvalue weighted by Gasteiger charge is 2.24. The van der Waals surface area contributed by atoms with Crippen LogP contribution in [0.4, 0.5) is 10.1 Å². The highest BCUT2D eigenvalue weighted by Crippen LogP contribution is 2.37. The summed E-state index contributed by atoms with van der Waals surface area (Å²) in [5.74, 6) is 0.437. The molecule has 0 radical (unpaired) electrons. The first-order valence-corrected chi connectivity index (χ1v) is 11.4. The van der Waals surface area contributed by atoms with Crippen LogP contribution in [0.25, 0.3) is 11.3 Å². The zero-order chi connectivity index (χ0) is 25.2. The van der Waals surface area contributed by atoms with E-state index in [1.807, 2.05) is 37.3 Å². The molecule has 0 fully saturated rings. The molecule has 0 unspecified atom stereocenters. The molecule has 1 amide bonds. The van der Waals surface area contributed by atoms with E-state index in [1.165, 1.54) is 12.1 Å². The van der Waals surface area contributed by atoms with Gasteiger partial charge in [-0.15, -0.1) is 10.2 Å². The van der Waals surface area contributed by atoms with E-state index < -0.39 is 11.9 Å². The maximum Gasteiger partial charge on any atom is 0.261 e. The predicted octanol–water partition coefficient (Wildman–Crippen LogP) is 5.42. The highest BCUT2D eigenvalue weighted by atomic mass is 19.1. The van der Waals surface area contributed by atoms with Gasteiger partial charge >= 0.3 is 0 Å². The Bertz CT molecular complexity index is 1470. The lowest BCUT2D eigenvalue weighted by molar-refractivity contribution is 0.102. The summed E-state index contributed by atoms with van der Waals surface area (Å²) >= 11 is 0. The van der Waals surface area contributed by atoms with Gasteiger partial charge in [0, 0.05) is 11.3 Å². The topological polar surface area (TPSA) is 95.5 Å². The third-order valence-corrected chi connectivity index (χ3v) is 5.71. The number of fused-ring (bicyclic) bond motifs is 1. The monoisotopic (exact) mass is 486 g/mol. The number of rotatable bonds is 5. The minimum absolute atomic E-state index is 0.0181.